The summed E-state index contributed by atoms with van der Waals surface area (Å²) in [6, 6.07) is 0. The first-order chi connectivity index (χ1) is 8.68. The van der Waals surface area contributed by atoms with Crippen LogP contribution < -0.4 is 0 Å². The van der Waals surface area contributed by atoms with Gasteiger partial charge in [0.2, 0.25) is 0 Å². The molecule has 0 spiro atoms. The molecule has 2 aliphatic rings. The zero-order valence-corrected chi connectivity index (χ0v) is 12.0. The molecule has 0 atom stereocenters. The molecule has 18 heavy (non-hydrogen) atoms. The lowest BCUT2D eigenvalue weighted by molar-refractivity contribution is 0.141. The second kappa shape index (κ2) is 6.38. The van der Waals surface area contributed by atoms with Crippen LogP contribution in [0.5, 0.6) is 0 Å². The fraction of sp³-hybridized carbons (Fsp3) is 0.647. The highest BCUT2D eigenvalue weighted by Gasteiger charge is 2.28. The third kappa shape index (κ3) is 3.84. The molecule has 1 heterocycles. The van der Waals surface area contributed by atoms with Gasteiger partial charge in [-0.3, -0.25) is 4.90 Å². The lowest BCUT2D eigenvalue weighted by atomic mass is 9.93. The Kier molecular flexibility index (Phi) is 4.82. The molecular weight excluding hydrogens is 218 g/mol. The zero-order chi connectivity index (χ0) is 12.8. The van der Waals surface area contributed by atoms with E-state index in [4.69, 9.17) is 0 Å². The fourth-order valence-electron chi connectivity index (χ4n) is 3.01. The summed E-state index contributed by atoms with van der Waals surface area (Å²) in [5, 5.41) is 0. The molecule has 0 aromatic heterocycles. The Morgan fingerprint density at radius 3 is 2.72 bits per heavy atom. The van der Waals surface area contributed by atoms with Crippen LogP contribution in [0.25, 0.3) is 0 Å². The van der Waals surface area contributed by atoms with E-state index in [0.29, 0.717) is 5.54 Å². The van der Waals surface area contributed by atoms with Crippen LogP contribution in [0.3, 0.4) is 0 Å². The van der Waals surface area contributed by atoms with Crippen molar-refractivity contribution < 1.29 is 0 Å². The van der Waals surface area contributed by atoms with Crippen LogP contribution in [0.15, 0.2) is 36.0 Å². The molecule has 0 saturated carbocycles. The van der Waals surface area contributed by atoms with E-state index in [1.165, 1.54) is 50.8 Å². The molecule has 1 aliphatic carbocycles. The van der Waals surface area contributed by atoms with Crippen molar-refractivity contribution in [2.45, 2.75) is 57.9 Å². The molecule has 0 aromatic carbocycles. The van der Waals surface area contributed by atoms with Crippen molar-refractivity contribution in [2.75, 3.05) is 13.1 Å². The van der Waals surface area contributed by atoms with E-state index < -0.39 is 0 Å². The van der Waals surface area contributed by atoms with Crippen LogP contribution in [-0.4, -0.2) is 23.5 Å². The maximum Gasteiger partial charge on any atom is 0.0153 e. The van der Waals surface area contributed by atoms with Gasteiger partial charge in [-0.1, -0.05) is 36.0 Å². The van der Waals surface area contributed by atoms with Crippen LogP contribution in [0.1, 0.15) is 52.4 Å². The lowest BCUT2D eigenvalue weighted by Gasteiger charge is -2.35. The minimum absolute atomic E-state index is 0.393. The summed E-state index contributed by atoms with van der Waals surface area (Å²) in [6.07, 6.45) is 18.9. The molecule has 0 aromatic rings. The van der Waals surface area contributed by atoms with Crippen molar-refractivity contribution >= 4 is 0 Å². The molecule has 100 valence electrons. The van der Waals surface area contributed by atoms with Gasteiger partial charge in [0.25, 0.3) is 0 Å². The van der Waals surface area contributed by atoms with Gasteiger partial charge < -0.3 is 0 Å². The number of likely N-dealkylation sites (tertiary alicyclic amines) is 1. The maximum absolute atomic E-state index is 2.67. The van der Waals surface area contributed by atoms with Gasteiger partial charge in [0, 0.05) is 5.54 Å². The van der Waals surface area contributed by atoms with E-state index >= 15 is 0 Å². The third-order valence-corrected chi connectivity index (χ3v) is 4.29. The van der Waals surface area contributed by atoms with Crippen LogP contribution in [-0.2, 0) is 0 Å². The number of rotatable bonds is 5. The lowest BCUT2D eigenvalue weighted by Crippen LogP contribution is -2.41. The Morgan fingerprint density at radius 2 is 1.94 bits per heavy atom. The van der Waals surface area contributed by atoms with Gasteiger partial charge in [-0.05, 0) is 65.5 Å². The largest absolute Gasteiger partial charge is 0.298 e. The summed E-state index contributed by atoms with van der Waals surface area (Å²) in [5.41, 5.74) is 1.90. The van der Waals surface area contributed by atoms with E-state index in [1.54, 1.807) is 0 Å². The van der Waals surface area contributed by atoms with Crippen molar-refractivity contribution in [3.8, 4) is 0 Å². The van der Waals surface area contributed by atoms with E-state index in [-0.39, 0.29) is 0 Å². The molecule has 2 rings (SSSR count). The maximum atomic E-state index is 2.67. The first kappa shape index (κ1) is 13.6. The van der Waals surface area contributed by atoms with E-state index in [2.05, 4.69) is 49.1 Å². The highest BCUT2D eigenvalue weighted by molar-refractivity contribution is 5.26. The second-order valence-electron chi connectivity index (χ2n) is 6.16. The average molecular weight is 245 g/mol. The summed E-state index contributed by atoms with van der Waals surface area (Å²) in [5.74, 6) is 0. The topological polar surface area (TPSA) is 3.24 Å². The highest BCUT2D eigenvalue weighted by atomic mass is 15.2. The van der Waals surface area contributed by atoms with E-state index in [9.17, 15) is 0 Å². The van der Waals surface area contributed by atoms with Crippen LogP contribution in [0.4, 0.5) is 0 Å². The SMILES string of the molecule is CC(C)(CCCC1=CCC=CC=C1)N1CCCC1. The Balaban J connectivity index is 1.75. The van der Waals surface area contributed by atoms with E-state index in [1.807, 2.05) is 0 Å². The van der Waals surface area contributed by atoms with Gasteiger partial charge in [-0.2, -0.15) is 0 Å². The van der Waals surface area contributed by atoms with Crippen LogP contribution in [0.2, 0.25) is 0 Å². The number of allylic oxidation sites excluding steroid dienone is 6. The number of hydrogen-bond donors (Lipinski definition) is 0. The summed E-state index contributed by atoms with van der Waals surface area (Å²) in [7, 11) is 0. The Labute approximate surface area is 112 Å². The molecule has 1 heteroatoms. The van der Waals surface area contributed by atoms with Gasteiger partial charge in [-0.15, -0.1) is 0 Å². The molecule has 0 radical (unpaired) electrons. The molecule has 0 bridgehead atoms. The van der Waals surface area contributed by atoms with Gasteiger partial charge in [0.05, 0.1) is 0 Å². The third-order valence-electron chi connectivity index (χ3n) is 4.29. The van der Waals surface area contributed by atoms with Gasteiger partial charge >= 0.3 is 0 Å². The van der Waals surface area contributed by atoms with Gasteiger partial charge in [-0.25, -0.2) is 0 Å². The standard InChI is InChI=1S/C17H27N/c1-17(2,18-14-7-8-15-18)13-9-12-16-10-5-3-4-6-11-16/h3-5,10-11H,6-9,12-15H2,1-2H3. The molecule has 1 fully saturated rings. The monoisotopic (exact) mass is 245 g/mol. The first-order valence-electron chi connectivity index (χ1n) is 7.46. The number of hydrogen-bond acceptors (Lipinski definition) is 1. The molecular formula is C17H27N. The minimum atomic E-state index is 0.393. The summed E-state index contributed by atoms with van der Waals surface area (Å²) in [6.45, 7) is 7.44. The summed E-state index contributed by atoms with van der Waals surface area (Å²) < 4.78 is 0. The molecule has 1 nitrogen and oxygen atoms in total. The molecule has 0 N–H and O–H groups in total. The van der Waals surface area contributed by atoms with Crippen molar-refractivity contribution in [3.63, 3.8) is 0 Å². The van der Waals surface area contributed by atoms with Gasteiger partial charge in [0.1, 0.15) is 0 Å². The predicted molar refractivity (Wildman–Crippen MR) is 79.7 cm³/mol. The normalized spacial score (nSPS) is 21.1. The molecule has 0 unspecified atom stereocenters. The Hall–Kier alpha value is -0.820. The summed E-state index contributed by atoms with van der Waals surface area (Å²) in [4.78, 5) is 2.67. The van der Waals surface area contributed by atoms with Crippen molar-refractivity contribution in [1.82, 2.24) is 4.90 Å². The Morgan fingerprint density at radius 1 is 1.17 bits per heavy atom. The van der Waals surface area contributed by atoms with E-state index in [0.717, 1.165) is 6.42 Å². The Bertz CT molecular complexity index is 341. The highest BCUT2D eigenvalue weighted by Crippen LogP contribution is 2.27. The predicted octanol–water partition coefficient (Wildman–Crippen LogP) is 4.47. The summed E-state index contributed by atoms with van der Waals surface area (Å²) >= 11 is 0. The first-order valence-corrected chi connectivity index (χ1v) is 7.46. The number of nitrogens with zero attached hydrogens (tertiary/aromatic N) is 1. The van der Waals surface area contributed by atoms with Gasteiger partial charge in [0.15, 0.2) is 0 Å². The van der Waals surface area contributed by atoms with Crippen LogP contribution in [0, 0.1) is 0 Å². The molecule has 1 saturated heterocycles. The fourth-order valence-corrected chi connectivity index (χ4v) is 3.01. The average Bonchev–Trinajstić information content (AvgIpc) is 2.76. The molecule has 0 amide bonds. The van der Waals surface area contributed by atoms with Crippen molar-refractivity contribution in [1.29, 1.82) is 0 Å². The second-order valence-corrected chi connectivity index (χ2v) is 6.16. The quantitative estimate of drug-likeness (QED) is 0.690. The molecule has 1 aliphatic heterocycles. The minimum Gasteiger partial charge on any atom is -0.298 e. The smallest absolute Gasteiger partial charge is 0.0153 e. The van der Waals surface area contributed by atoms with Crippen LogP contribution >= 0.6 is 0 Å². The van der Waals surface area contributed by atoms with Crippen molar-refractivity contribution in [2.24, 2.45) is 0 Å². The van der Waals surface area contributed by atoms with Crippen molar-refractivity contribution in [3.05, 3.63) is 36.0 Å². The zero-order valence-electron chi connectivity index (χ0n) is 12.0.